The number of anilines is 2. The number of hydrogen-bond acceptors (Lipinski definition) is 5. The lowest BCUT2D eigenvalue weighted by Gasteiger charge is -2.14. The lowest BCUT2D eigenvalue weighted by molar-refractivity contribution is -0.138. The van der Waals surface area contributed by atoms with Crippen molar-refractivity contribution >= 4 is 28.4 Å². The minimum atomic E-state index is -4.73. The van der Waals surface area contributed by atoms with Gasteiger partial charge in [0.05, 0.1) is 25.3 Å². The Labute approximate surface area is 202 Å². The maximum absolute atomic E-state index is 13.3. The van der Waals surface area contributed by atoms with E-state index in [1.165, 1.54) is 26.4 Å². The van der Waals surface area contributed by atoms with Crippen molar-refractivity contribution in [2.45, 2.75) is 12.8 Å². The van der Waals surface area contributed by atoms with Gasteiger partial charge in [-0.1, -0.05) is 6.07 Å². The summed E-state index contributed by atoms with van der Waals surface area (Å²) < 4.78 is 69.0. The largest absolute Gasteiger partial charge is 0.497 e. The first kappa shape index (κ1) is 24.6. The third-order valence-corrected chi connectivity index (χ3v) is 5.15. The van der Waals surface area contributed by atoms with Crippen LogP contribution in [0.25, 0.3) is 10.9 Å². The number of fused-ring (bicyclic) bond motifs is 1. The van der Waals surface area contributed by atoms with E-state index < -0.39 is 30.2 Å². The molecule has 0 bridgehead atoms. The predicted octanol–water partition coefficient (Wildman–Crippen LogP) is 5.96. The van der Waals surface area contributed by atoms with Crippen molar-refractivity contribution in [3.8, 4) is 17.2 Å². The van der Waals surface area contributed by atoms with Crippen molar-refractivity contribution in [3.05, 3.63) is 71.5 Å². The molecule has 0 aliphatic carbocycles. The molecule has 2 amide bonds. The lowest BCUT2D eigenvalue weighted by Crippen LogP contribution is -2.19. The predicted molar refractivity (Wildman–Crippen MR) is 124 cm³/mol. The third-order valence-electron chi connectivity index (χ3n) is 5.15. The molecule has 0 fully saturated rings. The van der Waals surface area contributed by atoms with E-state index in [1.807, 2.05) is 0 Å². The van der Waals surface area contributed by atoms with Crippen LogP contribution in [0.5, 0.6) is 17.2 Å². The third kappa shape index (κ3) is 5.59. The summed E-state index contributed by atoms with van der Waals surface area (Å²) in [5.41, 5.74) is -0.367. The van der Waals surface area contributed by atoms with Crippen LogP contribution in [0.1, 0.15) is 11.1 Å². The van der Waals surface area contributed by atoms with E-state index in [1.54, 1.807) is 24.3 Å². The van der Waals surface area contributed by atoms with E-state index in [0.717, 1.165) is 12.1 Å². The van der Waals surface area contributed by atoms with Gasteiger partial charge >= 0.3 is 12.2 Å². The fourth-order valence-corrected chi connectivity index (χ4v) is 3.43. The van der Waals surface area contributed by atoms with E-state index in [9.17, 15) is 22.4 Å². The molecule has 0 saturated heterocycles. The minimum absolute atomic E-state index is 0.167. The molecule has 4 aromatic rings. The molecule has 3 aromatic carbocycles. The second-order valence-corrected chi connectivity index (χ2v) is 7.55. The number of ether oxygens (including phenoxy) is 3. The van der Waals surface area contributed by atoms with Crippen molar-refractivity contribution in [1.82, 2.24) is 10.2 Å². The molecule has 0 unspecified atom stereocenters. The molecule has 1 aromatic heterocycles. The van der Waals surface area contributed by atoms with E-state index in [4.69, 9.17) is 14.2 Å². The van der Waals surface area contributed by atoms with Gasteiger partial charge in [-0.3, -0.25) is 10.4 Å². The molecule has 4 rings (SSSR count). The summed E-state index contributed by atoms with van der Waals surface area (Å²) in [6.45, 7) is -0.445. The Morgan fingerprint density at radius 2 is 1.67 bits per heavy atom. The van der Waals surface area contributed by atoms with E-state index in [-0.39, 0.29) is 17.1 Å². The molecule has 36 heavy (non-hydrogen) atoms. The summed E-state index contributed by atoms with van der Waals surface area (Å²) in [4.78, 5) is 12.6. The Bertz CT molecular complexity index is 1380. The van der Waals surface area contributed by atoms with Gasteiger partial charge < -0.3 is 19.5 Å². The molecule has 3 N–H and O–H groups in total. The summed E-state index contributed by atoms with van der Waals surface area (Å²) in [6.07, 6.45) is -4.73. The average molecular weight is 504 g/mol. The van der Waals surface area contributed by atoms with Crippen molar-refractivity contribution in [2.75, 3.05) is 24.9 Å². The van der Waals surface area contributed by atoms with Crippen LogP contribution >= 0.6 is 0 Å². The Morgan fingerprint density at radius 1 is 0.944 bits per heavy atom. The number of H-pyrrole nitrogens is 1. The first-order valence-electron chi connectivity index (χ1n) is 10.4. The van der Waals surface area contributed by atoms with Crippen LogP contribution in [-0.4, -0.2) is 30.4 Å². The molecule has 0 spiro atoms. The average Bonchev–Trinajstić information content (AvgIpc) is 3.24. The van der Waals surface area contributed by atoms with Gasteiger partial charge in [-0.05, 0) is 30.3 Å². The van der Waals surface area contributed by atoms with Gasteiger partial charge in [0, 0.05) is 34.8 Å². The number of alkyl halides is 3. The number of aromatic amines is 1. The number of carbonyl (C=O) groups excluding carboxylic acids is 1. The van der Waals surface area contributed by atoms with Crippen molar-refractivity contribution in [1.29, 1.82) is 0 Å². The normalized spacial score (nSPS) is 11.3. The second kappa shape index (κ2) is 10.0. The highest BCUT2D eigenvalue weighted by molar-refractivity contribution is 6.04. The topological polar surface area (TPSA) is 97.5 Å². The van der Waals surface area contributed by atoms with Crippen LogP contribution in [0.3, 0.4) is 0 Å². The molecular formula is C24H20F4N4O4. The standard InChI is InChI=1S/C24H20F4N4O4/c1-34-17-8-15(9-18(10-17)35-2)29-23(33)30-22-19-11-16(5-6-21(19)31-32-22)36-12-13-3-4-14(25)7-20(13)24(26,27)28/h3-11H,12H2,1-2H3,(H3,29,30,31,32,33). The van der Waals surface area contributed by atoms with Crippen LogP contribution in [-0.2, 0) is 12.8 Å². The molecule has 188 valence electrons. The number of nitrogens with one attached hydrogen (secondary N) is 3. The van der Waals surface area contributed by atoms with Crippen molar-refractivity contribution < 1.29 is 36.6 Å². The van der Waals surface area contributed by atoms with Crippen LogP contribution in [0.2, 0.25) is 0 Å². The minimum Gasteiger partial charge on any atom is -0.497 e. The molecule has 0 atom stereocenters. The van der Waals surface area contributed by atoms with Crippen LogP contribution in [0.15, 0.2) is 54.6 Å². The number of nitrogens with zero attached hydrogens (tertiary/aromatic N) is 1. The summed E-state index contributed by atoms with van der Waals surface area (Å²) in [7, 11) is 2.96. The number of hydrogen-bond donors (Lipinski definition) is 3. The van der Waals surface area contributed by atoms with Gasteiger partial charge in [0.15, 0.2) is 5.82 Å². The highest BCUT2D eigenvalue weighted by Crippen LogP contribution is 2.34. The molecule has 0 aliphatic rings. The van der Waals surface area contributed by atoms with Gasteiger partial charge in [0.2, 0.25) is 0 Å². The Balaban J connectivity index is 1.50. The summed E-state index contributed by atoms with van der Waals surface area (Å²) in [6, 6.07) is 11.3. The summed E-state index contributed by atoms with van der Waals surface area (Å²) in [5.74, 6) is 0.355. The maximum atomic E-state index is 13.3. The van der Waals surface area contributed by atoms with Crippen LogP contribution < -0.4 is 24.8 Å². The first-order chi connectivity index (χ1) is 17.2. The highest BCUT2D eigenvalue weighted by Gasteiger charge is 2.33. The van der Waals surface area contributed by atoms with Crippen LogP contribution in [0.4, 0.5) is 33.9 Å². The van der Waals surface area contributed by atoms with Gasteiger partial charge in [0.25, 0.3) is 0 Å². The van der Waals surface area contributed by atoms with E-state index >= 15 is 0 Å². The lowest BCUT2D eigenvalue weighted by atomic mass is 10.1. The van der Waals surface area contributed by atoms with Gasteiger partial charge in [-0.25, -0.2) is 9.18 Å². The molecule has 1 heterocycles. The SMILES string of the molecule is COc1cc(NC(=O)Nc2n[nH]c3ccc(OCc4ccc(F)cc4C(F)(F)F)cc23)cc(OC)c1. The van der Waals surface area contributed by atoms with Crippen molar-refractivity contribution in [2.24, 2.45) is 0 Å². The van der Waals surface area contributed by atoms with Gasteiger partial charge in [-0.15, -0.1) is 0 Å². The summed E-state index contributed by atoms with van der Waals surface area (Å²) in [5, 5.41) is 12.5. The zero-order chi connectivity index (χ0) is 25.9. The maximum Gasteiger partial charge on any atom is 0.416 e. The monoisotopic (exact) mass is 504 g/mol. The zero-order valence-corrected chi connectivity index (χ0v) is 19.0. The summed E-state index contributed by atoms with van der Waals surface area (Å²) >= 11 is 0. The Hall–Kier alpha value is -4.48. The number of methoxy groups -OCH3 is 2. The number of halogens is 4. The number of aromatic nitrogens is 2. The molecular weight excluding hydrogens is 484 g/mol. The smallest absolute Gasteiger partial charge is 0.416 e. The number of urea groups is 1. The highest BCUT2D eigenvalue weighted by atomic mass is 19.4. The second-order valence-electron chi connectivity index (χ2n) is 7.55. The van der Waals surface area contributed by atoms with Crippen molar-refractivity contribution in [3.63, 3.8) is 0 Å². The number of carbonyl (C=O) groups is 1. The molecule has 0 saturated carbocycles. The number of benzene rings is 3. The molecule has 0 radical (unpaired) electrons. The quantitative estimate of drug-likeness (QED) is 0.270. The van der Waals surface area contributed by atoms with E-state index in [2.05, 4.69) is 20.8 Å². The van der Waals surface area contributed by atoms with Crippen LogP contribution in [0, 0.1) is 5.82 Å². The first-order valence-corrected chi connectivity index (χ1v) is 10.4. The van der Waals surface area contributed by atoms with Gasteiger partial charge in [0.1, 0.15) is 29.7 Å². The Morgan fingerprint density at radius 3 is 2.33 bits per heavy atom. The Kier molecular flexibility index (Phi) is 6.86. The fourth-order valence-electron chi connectivity index (χ4n) is 3.43. The number of rotatable bonds is 7. The molecule has 8 nitrogen and oxygen atoms in total. The van der Waals surface area contributed by atoms with Gasteiger partial charge in [-0.2, -0.15) is 18.3 Å². The van der Waals surface area contributed by atoms with E-state index in [0.29, 0.717) is 34.2 Å². The zero-order valence-electron chi connectivity index (χ0n) is 19.0. The molecule has 12 heteroatoms. The fraction of sp³-hybridized carbons (Fsp3) is 0.167. The number of amides is 2. The molecule has 0 aliphatic heterocycles.